The van der Waals surface area contributed by atoms with Crippen LogP contribution < -0.4 is 10.1 Å². The Morgan fingerprint density at radius 3 is 2.28 bits per heavy atom. The second-order valence-electron chi connectivity index (χ2n) is 5.53. The molecular formula is C15H21N3O6S. The van der Waals surface area contributed by atoms with Crippen LogP contribution in [0.5, 0.6) is 5.75 Å². The van der Waals surface area contributed by atoms with Gasteiger partial charge in [-0.05, 0) is 24.3 Å². The lowest BCUT2D eigenvalue weighted by Gasteiger charge is -2.33. The summed E-state index contributed by atoms with van der Waals surface area (Å²) in [7, 11) is -2.08. The van der Waals surface area contributed by atoms with E-state index in [9.17, 15) is 18.0 Å². The molecule has 1 fully saturated rings. The Morgan fingerprint density at radius 2 is 1.76 bits per heavy atom. The Bertz CT molecular complexity index is 711. The van der Waals surface area contributed by atoms with Gasteiger partial charge in [0.2, 0.25) is 15.9 Å². The molecule has 0 bridgehead atoms. The van der Waals surface area contributed by atoms with Gasteiger partial charge < -0.3 is 15.2 Å². The van der Waals surface area contributed by atoms with Crippen LogP contribution in [0, 0.1) is 0 Å². The van der Waals surface area contributed by atoms with Gasteiger partial charge in [-0.2, -0.15) is 4.31 Å². The lowest BCUT2D eigenvalue weighted by Crippen LogP contribution is -2.51. The number of carbonyl (C=O) groups excluding carboxylic acids is 1. The van der Waals surface area contributed by atoms with E-state index in [2.05, 4.69) is 5.32 Å². The molecule has 1 amide bonds. The maximum Gasteiger partial charge on any atom is 0.322 e. The molecule has 0 saturated carbocycles. The predicted molar refractivity (Wildman–Crippen MR) is 88.8 cm³/mol. The highest BCUT2D eigenvalue weighted by Gasteiger charge is 2.29. The number of ether oxygens (including phenoxy) is 1. The van der Waals surface area contributed by atoms with Gasteiger partial charge in [-0.15, -0.1) is 0 Å². The monoisotopic (exact) mass is 371 g/mol. The number of nitrogens with zero attached hydrogens (tertiary/aromatic N) is 2. The molecule has 0 spiro atoms. The fourth-order valence-corrected chi connectivity index (χ4v) is 3.88. The first-order chi connectivity index (χ1) is 11.8. The zero-order chi connectivity index (χ0) is 18.4. The molecule has 138 valence electrons. The van der Waals surface area contributed by atoms with Gasteiger partial charge in [0.05, 0.1) is 18.6 Å². The molecule has 0 aromatic heterocycles. The van der Waals surface area contributed by atoms with Crippen molar-refractivity contribution in [3.63, 3.8) is 0 Å². The molecule has 1 aromatic carbocycles. The zero-order valence-corrected chi connectivity index (χ0v) is 14.7. The van der Waals surface area contributed by atoms with Crippen LogP contribution in [0.25, 0.3) is 0 Å². The molecule has 1 aliphatic rings. The lowest BCUT2D eigenvalue weighted by molar-refractivity contribution is -0.138. The smallest absolute Gasteiger partial charge is 0.322 e. The maximum absolute atomic E-state index is 12.6. The van der Waals surface area contributed by atoms with Crippen LogP contribution in [0.2, 0.25) is 0 Å². The van der Waals surface area contributed by atoms with Gasteiger partial charge in [-0.25, -0.2) is 8.42 Å². The number of amides is 1. The molecular weight excluding hydrogens is 350 g/mol. The van der Waals surface area contributed by atoms with E-state index in [-0.39, 0.29) is 24.5 Å². The van der Waals surface area contributed by atoms with Crippen LogP contribution >= 0.6 is 0 Å². The molecule has 9 nitrogen and oxygen atoms in total. The molecule has 0 aliphatic carbocycles. The molecule has 0 unspecified atom stereocenters. The van der Waals surface area contributed by atoms with Gasteiger partial charge >= 0.3 is 5.97 Å². The normalized spacial score (nSPS) is 16.4. The minimum absolute atomic E-state index is 0.0453. The molecule has 10 heteroatoms. The minimum Gasteiger partial charge on any atom is -0.497 e. The summed E-state index contributed by atoms with van der Waals surface area (Å²) in [6, 6.07) is 6.19. The van der Waals surface area contributed by atoms with Crippen LogP contribution in [0.3, 0.4) is 0 Å². The first kappa shape index (κ1) is 19.2. The number of nitrogens with one attached hydrogen (secondary N) is 1. The summed E-state index contributed by atoms with van der Waals surface area (Å²) in [5, 5.41) is 10.8. The Balaban J connectivity index is 1.90. The summed E-state index contributed by atoms with van der Waals surface area (Å²) < 4.78 is 31.6. The van der Waals surface area contributed by atoms with Gasteiger partial charge in [-0.1, -0.05) is 0 Å². The molecule has 0 radical (unpaired) electrons. The zero-order valence-electron chi connectivity index (χ0n) is 13.8. The van der Waals surface area contributed by atoms with Crippen molar-refractivity contribution in [3.8, 4) is 5.75 Å². The molecule has 2 rings (SSSR count). The summed E-state index contributed by atoms with van der Waals surface area (Å²) in [4.78, 5) is 24.0. The molecule has 0 atom stereocenters. The summed E-state index contributed by atoms with van der Waals surface area (Å²) >= 11 is 0. The molecule has 1 aliphatic heterocycles. The van der Waals surface area contributed by atoms with Crippen LogP contribution in [0.1, 0.15) is 0 Å². The van der Waals surface area contributed by atoms with E-state index in [1.54, 1.807) is 17.0 Å². The Kier molecular flexibility index (Phi) is 6.34. The van der Waals surface area contributed by atoms with Crippen LogP contribution in [-0.4, -0.2) is 81.0 Å². The number of methoxy groups -OCH3 is 1. The number of sulfonamides is 1. The van der Waals surface area contributed by atoms with Crippen molar-refractivity contribution in [1.82, 2.24) is 14.5 Å². The first-order valence-corrected chi connectivity index (χ1v) is 9.12. The quantitative estimate of drug-likeness (QED) is 0.645. The van der Waals surface area contributed by atoms with Gasteiger partial charge in [0.25, 0.3) is 0 Å². The van der Waals surface area contributed by atoms with E-state index in [0.29, 0.717) is 18.8 Å². The van der Waals surface area contributed by atoms with Crippen molar-refractivity contribution in [2.75, 3.05) is 46.4 Å². The Hall–Kier alpha value is -2.17. The highest BCUT2D eigenvalue weighted by atomic mass is 32.2. The van der Waals surface area contributed by atoms with E-state index in [1.165, 1.54) is 23.5 Å². The van der Waals surface area contributed by atoms with E-state index in [0.717, 1.165) is 0 Å². The third-order valence-corrected chi connectivity index (χ3v) is 5.75. The van der Waals surface area contributed by atoms with Gasteiger partial charge in [0.15, 0.2) is 0 Å². The van der Waals surface area contributed by atoms with Crippen molar-refractivity contribution >= 4 is 21.9 Å². The lowest BCUT2D eigenvalue weighted by atomic mass is 10.3. The van der Waals surface area contributed by atoms with Crippen LogP contribution in [-0.2, 0) is 19.6 Å². The highest BCUT2D eigenvalue weighted by molar-refractivity contribution is 7.89. The number of carboxylic acid groups (broad SMARTS) is 1. The highest BCUT2D eigenvalue weighted by Crippen LogP contribution is 2.20. The SMILES string of the molecule is COc1ccc(S(=O)(=O)N2CCN(CC(=O)NCC(=O)O)CC2)cc1. The Labute approximate surface area is 146 Å². The summed E-state index contributed by atoms with van der Waals surface area (Å²) in [5.74, 6) is -0.922. The number of aliphatic carboxylic acids is 1. The van der Waals surface area contributed by atoms with Crippen molar-refractivity contribution in [3.05, 3.63) is 24.3 Å². The topological polar surface area (TPSA) is 116 Å². The summed E-state index contributed by atoms with van der Waals surface area (Å²) in [6.07, 6.45) is 0. The number of rotatable bonds is 7. The summed E-state index contributed by atoms with van der Waals surface area (Å²) in [6.45, 7) is 0.946. The van der Waals surface area contributed by atoms with Crippen LogP contribution in [0.15, 0.2) is 29.2 Å². The number of hydrogen-bond acceptors (Lipinski definition) is 6. The third-order valence-electron chi connectivity index (χ3n) is 3.83. The van der Waals surface area contributed by atoms with Gasteiger partial charge in [0, 0.05) is 26.2 Å². The van der Waals surface area contributed by atoms with Gasteiger partial charge in [0.1, 0.15) is 12.3 Å². The standard InChI is InChI=1S/C15H21N3O6S/c1-24-12-2-4-13(5-3-12)25(22,23)18-8-6-17(7-9-18)11-14(19)16-10-15(20)21/h2-5H,6-11H2,1H3,(H,16,19)(H,20,21). The largest absolute Gasteiger partial charge is 0.497 e. The molecule has 1 aromatic rings. The maximum atomic E-state index is 12.6. The van der Waals surface area contributed by atoms with E-state index in [1.807, 2.05) is 0 Å². The van der Waals surface area contributed by atoms with E-state index >= 15 is 0 Å². The average Bonchev–Trinajstić information content (AvgIpc) is 2.60. The van der Waals surface area contributed by atoms with Crippen molar-refractivity contribution in [2.45, 2.75) is 4.90 Å². The molecule has 1 heterocycles. The van der Waals surface area contributed by atoms with E-state index in [4.69, 9.17) is 9.84 Å². The van der Waals surface area contributed by atoms with Crippen LogP contribution in [0.4, 0.5) is 0 Å². The number of carboxylic acids is 1. The number of carbonyl (C=O) groups is 2. The average molecular weight is 371 g/mol. The second-order valence-corrected chi connectivity index (χ2v) is 7.46. The number of piperazine rings is 1. The Morgan fingerprint density at radius 1 is 1.16 bits per heavy atom. The predicted octanol–water partition coefficient (Wildman–Crippen LogP) is -0.798. The number of hydrogen-bond donors (Lipinski definition) is 2. The van der Waals surface area contributed by atoms with Crippen molar-refractivity contribution < 1.29 is 27.9 Å². The number of benzene rings is 1. The first-order valence-electron chi connectivity index (χ1n) is 7.68. The summed E-state index contributed by atoms with van der Waals surface area (Å²) in [5.41, 5.74) is 0. The van der Waals surface area contributed by atoms with Crippen molar-refractivity contribution in [2.24, 2.45) is 0 Å². The van der Waals surface area contributed by atoms with Crippen molar-refractivity contribution in [1.29, 1.82) is 0 Å². The van der Waals surface area contributed by atoms with E-state index < -0.39 is 28.4 Å². The molecule has 2 N–H and O–H groups in total. The molecule has 1 saturated heterocycles. The third kappa shape index (κ3) is 5.15. The van der Waals surface area contributed by atoms with Gasteiger partial charge in [-0.3, -0.25) is 14.5 Å². The fourth-order valence-electron chi connectivity index (χ4n) is 2.46. The minimum atomic E-state index is -3.59. The second kappa shape index (κ2) is 8.28. The fraction of sp³-hybridized carbons (Fsp3) is 0.467. The molecule has 25 heavy (non-hydrogen) atoms.